The highest BCUT2D eigenvalue weighted by molar-refractivity contribution is 8.00. The largest absolute Gasteiger partial charge is 0.475 e. The Hall–Kier alpha value is -2.73. The molecule has 2 heterocycles. The quantitative estimate of drug-likeness (QED) is 0.431. The van der Waals surface area contributed by atoms with Crippen molar-refractivity contribution in [1.29, 1.82) is 0 Å². The standard InChI is InChI=1S/C26H32N4OS/c1-16(2)12-19(5)23-15-31-24-14-22(25-17(3)8-6-9-18(25)4)28-26(29-24)30-32-21-11-7-10-20(13-21)27-23/h6-11,13-14,16,19,23,27H,12,15H2,1-5H3,(H,28,29,30). The summed E-state index contributed by atoms with van der Waals surface area (Å²) in [6.45, 7) is 11.6. The van der Waals surface area contributed by atoms with Crippen LogP contribution in [-0.2, 0) is 0 Å². The van der Waals surface area contributed by atoms with Crippen LogP contribution in [0.15, 0.2) is 53.4 Å². The third-order valence-corrected chi connectivity index (χ3v) is 6.60. The van der Waals surface area contributed by atoms with Crippen LogP contribution in [0.4, 0.5) is 11.6 Å². The zero-order valence-electron chi connectivity index (χ0n) is 19.5. The third kappa shape index (κ3) is 5.36. The van der Waals surface area contributed by atoms with Gasteiger partial charge in [-0.2, -0.15) is 4.98 Å². The number of hydrogen-bond donors (Lipinski definition) is 2. The molecule has 2 unspecified atom stereocenters. The van der Waals surface area contributed by atoms with Crippen molar-refractivity contribution in [1.82, 2.24) is 9.97 Å². The van der Waals surface area contributed by atoms with Crippen LogP contribution in [0.1, 0.15) is 38.3 Å². The summed E-state index contributed by atoms with van der Waals surface area (Å²) in [5, 5.41) is 3.70. The Morgan fingerprint density at radius 3 is 2.53 bits per heavy atom. The van der Waals surface area contributed by atoms with Gasteiger partial charge in [0, 0.05) is 22.2 Å². The van der Waals surface area contributed by atoms with E-state index in [0.29, 0.717) is 30.3 Å². The molecule has 0 spiro atoms. The summed E-state index contributed by atoms with van der Waals surface area (Å²) in [4.78, 5) is 10.6. The second kappa shape index (κ2) is 9.82. The Morgan fingerprint density at radius 2 is 1.78 bits per heavy atom. The first-order valence-corrected chi connectivity index (χ1v) is 12.1. The number of nitrogens with one attached hydrogen (secondary N) is 2. The van der Waals surface area contributed by atoms with Crippen LogP contribution in [0.2, 0.25) is 0 Å². The van der Waals surface area contributed by atoms with Gasteiger partial charge in [-0.15, -0.1) is 0 Å². The SMILES string of the molecule is Cc1cccc(C)c1-c1cc2nc(n1)NSc1cccc(c1)NC(C(C)CC(C)C)CO2. The van der Waals surface area contributed by atoms with Crippen molar-refractivity contribution < 1.29 is 4.74 Å². The van der Waals surface area contributed by atoms with Gasteiger partial charge in [-0.3, -0.25) is 4.72 Å². The maximum Gasteiger partial charge on any atom is 0.237 e. The molecule has 0 radical (unpaired) electrons. The lowest BCUT2D eigenvalue weighted by molar-refractivity contribution is 0.242. The van der Waals surface area contributed by atoms with Crippen LogP contribution < -0.4 is 14.8 Å². The van der Waals surface area contributed by atoms with Gasteiger partial charge >= 0.3 is 0 Å². The number of anilines is 2. The van der Waals surface area contributed by atoms with E-state index in [1.54, 1.807) is 0 Å². The van der Waals surface area contributed by atoms with E-state index in [2.05, 4.69) is 92.1 Å². The summed E-state index contributed by atoms with van der Waals surface area (Å²) < 4.78 is 9.59. The molecule has 1 aromatic heterocycles. The zero-order valence-corrected chi connectivity index (χ0v) is 20.3. The third-order valence-electron chi connectivity index (χ3n) is 5.83. The van der Waals surface area contributed by atoms with Crippen molar-refractivity contribution in [3.8, 4) is 17.1 Å². The average Bonchev–Trinajstić information content (AvgIpc) is 2.74. The maximum atomic E-state index is 6.29. The van der Waals surface area contributed by atoms with Gasteiger partial charge < -0.3 is 10.1 Å². The minimum atomic E-state index is 0.173. The number of nitrogens with zero attached hydrogens (tertiary/aromatic N) is 2. The summed E-state index contributed by atoms with van der Waals surface area (Å²) >= 11 is 1.51. The van der Waals surface area contributed by atoms with E-state index in [-0.39, 0.29) is 6.04 Å². The lowest BCUT2D eigenvalue weighted by atomic mass is 9.92. The molecule has 5 nitrogen and oxygen atoms in total. The van der Waals surface area contributed by atoms with Crippen molar-refractivity contribution >= 4 is 23.6 Å². The molecule has 0 saturated carbocycles. The summed E-state index contributed by atoms with van der Waals surface area (Å²) in [7, 11) is 0. The maximum absolute atomic E-state index is 6.29. The van der Waals surface area contributed by atoms with Crippen LogP contribution in [0.5, 0.6) is 5.88 Å². The van der Waals surface area contributed by atoms with Crippen molar-refractivity contribution in [3.05, 3.63) is 59.7 Å². The number of rotatable bonds is 4. The highest BCUT2D eigenvalue weighted by Crippen LogP contribution is 2.31. The van der Waals surface area contributed by atoms with E-state index >= 15 is 0 Å². The lowest BCUT2D eigenvalue weighted by Crippen LogP contribution is -2.34. The molecule has 2 aromatic carbocycles. The van der Waals surface area contributed by atoms with Gasteiger partial charge in [0.05, 0.1) is 11.7 Å². The minimum Gasteiger partial charge on any atom is -0.475 e. The molecule has 32 heavy (non-hydrogen) atoms. The highest BCUT2D eigenvalue weighted by Gasteiger charge is 2.21. The Balaban J connectivity index is 1.73. The monoisotopic (exact) mass is 448 g/mol. The average molecular weight is 449 g/mol. The molecule has 0 amide bonds. The van der Waals surface area contributed by atoms with Crippen molar-refractivity contribution in [3.63, 3.8) is 0 Å². The number of aryl methyl sites for hydroxylation is 2. The van der Waals surface area contributed by atoms with Gasteiger partial charge in [-0.25, -0.2) is 4.98 Å². The zero-order chi connectivity index (χ0) is 22.7. The second-order valence-electron chi connectivity index (χ2n) is 9.08. The number of hydrogen-bond acceptors (Lipinski definition) is 6. The molecular formula is C26H32N4OS. The first kappa shape index (κ1) is 22.5. The van der Waals surface area contributed by atoms with Gasteiger partial charge in [-0.05, 0) is 73.4 Å². The van der Waals surface area contributed by atoms with Crippen molar-refractivity contribution in [2.45, 2.75) is 52.0 Å². The number of aromatic nitrogens is 2. The molecule has 0 fully saturated rings. The summed E-state index contributed by atoms with van der Waals surface area (Å²) in [6, 6.07) is 16.9. The first-order valence-electron chi connectivity index (χ1n) is 11.3. The van der Waals surface area contributed by atoms with Crippen LogP contribution in [0, 0.1) is 25.7 Å². The molecule has 1 aliphatic heterocycles. The van der Waals surface area contributed by atoms with Gasteiger partial charge in [0.15, 0.2) is 0 Å². The fourth-order valence-corrected chi connectivity index (χ4v) is 4.92. The molecule has 2 atom stereocenters. The Bertz CT molecular complexity index is 1060. The van der Waals surface area contributed by atoms with Crippen molar-refractivity contribution in [2.75, 3.05) is 16.6 Å². The highest BCUT2D eigenvalue weighted by atomic mass is 32.2. The van der Waals surface area contributed by atoms with E-state index in [9.17, 15) is 0 Å². The molecular weight excluding hydrogens is 416 g/mol. The number of ether oxygens (including phenoxy) is 1. The molecule has 4 bridgehead atoms. The Kier molecular flexibility index (Phi) is 6.89. The van der Waals surface area contributed by atoms with E-state index in [1.165, 1.54) is 23.1 Å². The van der Waals surface area contributed by atoms with E-state index < -0.39 is 0 Å². The topological polar surface area (TPSA) is 59.1 Å². The van der Waals surface area contributed by atoms with Crippen LogP contribution in [-0.4, -0.2) is 22.6 Å². The predicted octanol–water partition coefficient (Wildman–Crippen LogP) is 6.73. The van der Waals surface area contributed by atoms with E-state index in [0.717, 1.165) is 28.3 Å². The molecule has 0 saturated heterocycles. The van der Waals surface area contributed by atoms with E-state index in [1.807, 2.05) is 6.07 Å². The van der Waals surface area contributed by atoms with Gasteiger partial charge in [0.2, 0.25) is 11.8 Å². The minimum absolute atomic E-state index is 0.173. The molecule has 4 rings (SSSR count). The first-order chi connectivity index (χ1) is 15.4. The fourth-order valence-electron chi connectivity index (χ4n) is 4.29. The van der Waals surface area contributed by atoms with Crippen LogP contribution in [0.3, 0.4) is 0 Å². The molecule has 168 valence electrons. The molecule has 6 heteroatoms. The molecule has 3 aromatic rings. The lowest BCUT2D eigenvalue weighted by Gasteiger charge is -2.28. The van der Waals surface area contributed by atoms with Crippen LogP contribution in [0.25, 0.3) is 11.3 Å². The van der Waals surface area contributed by atoms with Gasteiger partial charge in [0.1, 0.15) is 6.61 Å². The Morgan fingerprint density at radius 1 is 1.03 bits per heavy atom. The Labute approximate surface area is 195 Å². The van der Waals surface area contributed by atoms with Gasteiger partial charge in [-0.1, -0.05) is 45.0 Å². The molecule has 1 aliphatic rings. The number of fused-ring (bicyclic) bond motifs is 4. The van der Waals surface area contributed by atoms with E-state index in [4.69, 9.17) is 9.72 Å². The van der Waals surface area contributed by atoms with Crippen LogP contribution >= 0.6 is 11.9 Å². The summed E-state index contributed by atoms with van der Waals surface area (Å²) in [6.07, 6.45) is 1.12. The summed E-state index contributed by atoms with van der Waals surface area (Å²) in [5.74, 6) is 2.22. The molecule has 0 aliphatic carbocycles. The fraction of sp³-hybridized carbons (Fsp3) is 0.385. The number of benzene rings is 2. The molecule has 2 N–H and O–H groups in total. The van der Waals surface area contributed by atoms with Gasteiger partial charge in [0.25, 0.3) is 0 Å². The normalized spacial score (nSPS) is 16.8. The second-order valence-corrected chi connectivity index (χ2v) is 9.96. The van der Waals surface area contributed by atoms with Crippen molar-refractivity contribution in [2.24, 2.45) is 11.8 Å². The predicted molar refractivity (Wildman–Crippen MR) is 134 cm³/mol. The smallest absolute Gasteiger partial charge is 0.237 e. The summed E-state index contributed by atoms with van der Waals surface area (Å²) in [5.41, 5.74) is 5.48.